The van der Waals surface area contributed by atoms with Crippen molar-refractivity contribution in [3.63, 3.8) is 0 Å². The van der Waals surface area contributed by atoms with Crippen LogP contribution >= 0.6 is 0 Å². The molecule has 1 aromatic rings. The van der Waals surface area contributed by atoms with Crippen LogP contribution in [0, 0.1) is 17.7 Å². The van der Waals surface area contributed by atoms with Gasteiger partial charge in [-0.25, -0.2) is 12.8 Å². The summed E-state index contributed by atoms with van der Waals surface area (Å²) >= 11 is 0. The van der Waals surface area contributed by atoms with Gasteiger partial charge in [-0.1, -0.05) is 25.2 Å². The minimum absolute atomic E-state index is 0.00954. The van der Waals surface area contributed by atoms with E-state index in [4.69, 9.17) is 5.73 Å². The molecule has 0 saturated carbocycles. The topological polar surface area (TPSA) is 63.4 Å². The Hall–Kier alpha value is -1.42. The Kier molecular flexibility index (Phi) is 6.34. The molecule has 1 rings (SSSR count). The lowest BCUT2D eigenvalue weighted by Gasteiger charge is -2.24. The van der Waals surface area contributed by atoms with Gasteiger partial charge in [-0.15, -0.1) is 0 Å². The average Bonchev–Trinajstić information content (AvgIpc) is 2.44. The molecule has 0 aliphatic heterocycles. The maximum atomic E-state index is 13.3. The molecule has 0 saturated heterocycles. The second-order valence-corrected chi connectivity index (χ2v) is 6.77. The lowest BCUT2D eigenvalue weighted by Crippen LogP contribution is -2.35. The number of halogens is 1. The Balaban J connectivity index is 3.31. The van der Waals surface area contributed by atoms with Gasteiger partial charge in [-0.05, 0) is 31.5 Å². The molecule has 4 nitrogen and oxygen atoms in total. The van der Waals surface area contributed by atoms with E-state index >= 15 is 0 Å². The molecule has 21 heavy (non-hydrogen) atoms. The van der Waals surface area contributed by atoms with Crippen LogP contribution in [0.3, 0.4) is 0 Å². The molecule has 116 valence electrons. The number of rotatable bonds is 5. The normalized spacial score (nSPS) is 12.9. The van der Waals surface area contributed by atoms with E-state index in [0.717, 1.165) is 25.0 Å². The van der Waals surface area contributed by atoms with Gasteiger partial charge in [0.1, 0.15) is 5.82 Å². The van der Waals surface area contributed by atoms with Crippen molar-refractivity contribution in [3.05, 3.63) is 29.6 Å². The Morgan fingerprint density at radius 3 is 2.67 bits per heavy atom. The monoisotopic (exact) mass is 312 g/mol. The van der Waals surface area contributed by atoms with Gasteiger partial charge in [-0.2, -0.15) is 4.31 Å². The third-order valence-corrected chi connectivity index (χ3v) is 5.28. The van der Waals surface area contributed by atoms with Gasteiger partial charge >= 0.3 is 0 Å². The number of nitrogens with zero attached hydrogens (tertiary/aromatic N) is 1. The lowest BCUT2D eigenvalue weighted by molar-refractivity contribution is 0.368. The summed E-state index contributed by atoms with van der Waals surface area (Å²) in [6, 6.07) is 3.35. The first kappa shape index (κ1) is 17.6. The van der Waals surface area contributed by atoms with Gasteiger partial charge in [0.05, 0.1) is 11.4 Å². The van der Waals surface area contributed by atoms with E-state index in [9.17, 15) is 12.8 Å². The highest BCUT2D eigenvalue weighted by Crippen LogP contribution is 2.22. The van der Waals surface area contributed by atoms with E-state index in [0.29, 0.717) is 0 Å². The first-order valence-corrected chi connectivity index (χ1v) is 8.25. The summed E-state index contributed by atoms with van der Waals surface area (Å²) in [5.41, 5.74) is 5.43. The molecule has 1 unspecified atom stereocenters. The summed E-state index contributed by atoms with van der Waals surface area (Å²) in [4.78, 5) is 0.00954. The van der Waals surface area contributed by atoms with Crippen molar-refractivity contribution >= 4 is 10.0 Å². The molecular formula is C15H21FN2O2S. The fourth-order valence-electron chi connectivity index (χ4n) is 1.96. The van der Waals surface area contributed by atoms with Gasteiger partial charge in [0, 0.05) is 18.7 Å². The van der Waals surface area contributed by atoms with Gasteiger partial charge in [-0.3, -0.25) is 0 Å². The molecule has 1 atom stereocenters. The standard InChI is InChI=1S/C15H21FN2O2S/c1-4-6-12(2)18(3)21(19,20)15-9-8-14(16)11-13(15)7-5-10-17/h8-9,11-12H,4,6,10,17H2,1-3H3. The Labute approximate surface area is 126 Å². The van der Waals surface area contributed by atoms with Crippen molar-refractivity contribution in [2.24, 2.45) is 5.73 Å². The highest BCUT2D eigenvalue weighted by atomic mass is 32.2. The summed E-state index contributed by atoms with van der Waals surface area (Å²) in [5, 5.41) is 0. The average molecular weight is 312 g/mol. The summed E-state index contributed by atoms with van der Waals surface area (Å²) in [5.74, 6) is 4.66. The SMILES string of the molecule is CCCC(C)N(C)S(=O)(=O)c1ccc(F)cc1C#CCN. The van der Waals surface area contributed by atoms with E-state index in [1.54, 1.807) is 0 Å². The van der Waals surface area contributed by atoms with Crippen molar-refractivity contribution in [2.45, 2.75) is 37.6 Å². The molecule has 0 spiro atoms. The molecule has 0 aliphatic carbocycles. The van der Waals surface area contributed by atoms with Crippen LogP contribution in [0.5, 0.6) is 0 Å². The molecule has 0 aliphatic rings. The Morgan fingerprint density at radius 2 is 2.10 bits per heavy atom. The minimum atomic E-state index is -3.71. The molecule has 1 aromatic carbocycles. The van der Waals surface area contributed by atoms with Crippen molar-refractivity contribution < 1.29 is 12.8 Å². The van der Waals surface area contributed by atoms with Crippen LogP contribution in [-0.2, 0) is 10.0 Å². The fourth-order valence-corrected chi connectivity index (χ4v) is 3.48. The molecule has 0 amide bonds. The number of nitrogens with two attached hydrogens (primary N) is 1. The Bertz CT molecular complexity index is 647. The highest BCUT2D eigenvalue weighted by Gasteiger charge is 2.27. The maximum Gasteiger partial charge on any atom is 0.244 e. The van der Waals surface area contributed by atoms with Crippen molar-refractivity contribution in [1.82, 2.24) is 4.31 Å². The van der Waals surface area contributed by atoms with Crippen LogP contribution in [-0.4, -0.2) is 32.4 Å². The molecular weight excluding hydrogens is 291 g/mol. The summed E-state index contributed by atoms with van der Waals surface area (Å²) in [7, 11) is -2.19. The van der Waals surface area contributed by atoms with E-state index in [1.165, 1.54) is 17.4 Å². The molecule has 0 radical (unpaired) electrons. The fraction of sp³-hybridized carbons (Fsp3) is 0.467. The highest BCUT2D eigenvalue weighted by molar-refractivity contribution is 7.89. The van der Waals surface area contributed by atoms with Gasteiger partial charge in [0.15, 0.2) is 0 Å². The van der Waals surface area contributed by atoms with Crippen LogP contribution < -0.4 is 5.73 Å². The van der Waals surface area contributed by atoms with Crippen molar-refractivity contribution in [1.29, 1.82) is 0 Å². The third-order valence-electron chi connectivity index (χ3n) is 3.25. The number of hydrogen-bond donors (Lipinski definition) is 1. The van der Waals surface area contributed by atoms with E-state index in [1.807, 2.05) is 13.8 Å². The first-order valence-electron chi connectivity index (χ1n) is 6.81. The van der Waals surface area contributed by atoms with E-state index in [-0.39, 0.29) is 23.0 Å². The summed E-state index contributed by atoms with van der Waals surface area (Å²) in [6.45, 7) is 3.92. The van der Waals surface area contributed by atoms with Crippen LogP contribution in [0.15, 0.2) is 23.1 Å². The van der Waals surface area contributed by atoms with Gasteiger partial charge < -0.3 is 5.73 Å². The van der Waals surface area contributed by atoms with E-state index < -0.39 is 15.8 Å². The molecule has 0 aromatic heterocycles. The molecule has 0 fully saturated rings. The van der Waals surface area contributed by atoms with Gasteiger partial charge in [0.25, 0.3) is 0 Å². The lowest BCUT2D eigenvalue weighted by atomic mass is 10.2. The predicted octanol–water partition coefficient (Wildman–Crippen LogP) is 1.95. The minimum Gasteiger partial charge on any atom is -0.320 e. The first-order chi connectivity index (χ1) is 9.84. The zero-order valence-corrected chi connectivity index (χ0v) is 13.4. The number of benzene rings is 1. The molecule has 0 bridgehead atoms. The van der Waals surface area contributed by atoms with Crippen LogP contribution in [0.25, 0.3) is 0 Å². The Morgan fingerprint density at radius 1 is 1.43 bits per heavy atom. The maximum absolute atomic E-state index is 13.3. The largest absolute Gasteiger partial charge is 0.320 e. The zero-order chi connectivity index (χ0) is 16.0. The van der Waals surface area contributed by atoms with Crippen LogP contribution in [0.2, 0.25) is 0 Å². The molecule has 6 heteroatoms. The number of sulfonamides is 1. The summed E-state index contributed by atoms with van der Waals surface area (Å²) in [6.07, 6.45) is 1.63. The smallest absolute Gasteiger partial charge is 0.244 e. The number of hydrogen-bond acceptors (Lipinski definition) is 3. The van der Waals surface area contributed by atoms with E-state index in [2.05, 4.69) is 11.8 Å². The second kappa shape index (κ2) is 7.55. The van der Waals surface area contributed by atoms with Crippen molar-refractivity contribution in [2.75, 3.05) is 13.6 Å². The van der Waals surface area contributed by atoms with Gasteiger partial charge in [0.2, 0.25) is 10.0 Å². The second-order valence-electron chi connectivity index (χ2n) is 4.81. The predicted molar refractivity (Wildman–Crippen MR) is 81.7 cm³/mol. The van der Waals surface area contributed by atoms with Crippen molar-refractivity contribution in [3.8, 4) is 11.8 Å². The summed E-state index contributed by atoms with van der Waals surface area (Å²) < 4.78 is 39.9. The quantitative estimate of drug-likeness (QED) is 0.845. The van der Waals surface area contributed by atoms with Crippen LogP contribution in [0.1, 0.15) is 32.3 Å². The third kappa shape index (κ3) is 4.27. The molecule has 0 heterocycles. The van der Waals surface area contributed by atoms with Crippen LogP contribution in [0.4, 0.5) is 4.39 Å². The zero-order valence-electron chi connectivity index (χ0n) is 12.6. The molecule has 2 N–H and O–H groups in total.